The van der Waals surface area contributed by atoms with E-state index in [4.69, 9.17) is 35.8 Å². The lowest BCUT2D eigenvalue weighted by molar-refractivity contribution is -0.0593. The fourth-order valence-corrected chi connectivity index (χ4v) is 5.95. The van der Waals surface area contributed by atoms with E-state index < -0.39 is 11.8 Å². The summed E-state index contributed by atoms with van der Waals surface area (Å²) in [5, 5.41) is 9.83. The molecular weight excluding hydrogens is 579 g/mol. The smallest absolute Gasteiger partial charge is 0.354 e. The first kappa shape index (κ1) is 28.0. The SMILES string of the molecule is O=C(O)c1ccc2nc(CN3CCN4c5nc(OCc6ccc(Cl)cc6F)ccc5COC[C@@H]4C3)n(C[C@@H]3CCO3)c2n1. The topological polar surface area (TPSA) is 115 Å². The van der Waals surface area contributed by atoms with E-state index in [1.54, 1.807) is 24.3 Å². The molecule has 43 heavy (non-hydrogen) atoms. The molecule has 3 aromatic heterocycles. The molecule has 224 valence electrons. The van der Waals surface area contributed by atoms with E-state index in [-0.39, 0.29) is 24.4 Å². The maximum Gasteiger partial charge on any atom is 0.354 e. The molecule has 1 aromatic carbocycles. The average molecular weight is 609 g/mol. The molecule has 0 unspecified atom stereocenters. The standard InChI is InChI=1S/C30H30ClFN6O5/c31-20-3-1-18(23(32)11-20)16-43-27-6-2-19-15-41-17-21-12-36(8-9-37(21)28(19)35-27)14-26-33-24-4-5-25(30(39)40)34-29(24)38(26)13-22-7-10-42-22/h1-6,11,21-22H,7-10,12-17H2,(H,39,40)/t21-,22-/m0/s1. The molecule has 0 aliphatic carbocycles. The lowest BCUT2D eigenvalue weighted by Gasteiger charge is -2.41. The second-order valence-corrected chi connectivity index (χ2v) is 11.5. The zero-order valence-corrected chi connectivity index (χ0v) is 24.0. The summed E-state index contributed by atoms with van der Waals surface area (Å²) in [7, 11) is 0. The van der Waals surface area contributed by atoms with Crippen LogP contribution in [0.15, 0.2) is 42.5 Å². The zero-order valence-electron chi connectivity index (χ0n) is 23.3. The number of nitrogens with zero attached hydrogens (tertiary/aromatic N) is 6. The Balaban J connectivity index is 1.08. The lowest BCUT2D eigenvalue weighted by atomic mass is 10.1. The van der Waals surface area contributed by atoms with Gasteiger partial charge in [0.15, 0.2) is 11.3 Å². The Morgan fingerprint density at radius 3 is 2.81 bits per heavy atom. The van der Waals surface area contributed by atoms with Crippen LogP contribution in [0.25, 0.3) is 11.2 Å². The number of ether oxygens (including phenoxy) is 3. The molecule has 6 heterocycles. The van der Waals surface area contributed by atoms with Gasteiger partial charge in [-0.05, 0) is 36.8 Å². The highest BCUT2D eigenvalue weighted by atomic mass is 35.5. The summed E-state index contributed by atoms with van der Waals surface area (Å²) in [6, 6.07) is 11.5. The van der Waals surface area contributed by atoms with Gasteiger partial charge in [-0.25, -0.2) is 19.2 Å². The number of halogens is 2. The van der Waals surface area contributed by atoms with Crippen LogP contribution in [0.4, 0.5) is 10.2 Å². The fourth-order valence-electron chi connectivity index (χ4n) is 5.79. The number of hydrogen-bond donors (Lipinski definition) is 1. The maximum absolute atomic E-state index is 14.3. The Kier molecular flexibility index (Phi) is 7.60. The third-order valence-corrected chi connectivity index (χ3v) is 8.40. The first-order chi connectivity index (χ1) is 20.9. The van der Waals surface area contributed by atoms with E-state index in [0.29, 0.717) is 53.9 Å². The predicted octanol–water partition coefficient (Wildman–Crippen LogP) is 3.91. The summed E-state index contributed by atoms with van der Waals surface area (Å²) in [6.07, 6.45) is 1.01. The first-order valence-electron chi connectivity index (χ1n) is 14.3. The minimum Gasteiger partial charge on any atom is -0.477 e. The molecule has 1 N–H and O–H groups in total. The molecule has 3 aliphatic rings. The van der Waals surface area contributed by atoms with Crippen molar-refractivity contribution in [1.29, 1.82) is 0 Å². The quantitative estimate of drug-likeness (QED) is 0.316. The number of anilines is 1. The summed E-state index contributed by atoms with van der Waals surface area (Å²) >= 11 is 5.87. The summed E-state index contributed by atoms with van der Waals surface area (Å²) in [6.45, 7) is 5.10. The molecule has 3 aliphatic heterocycles. The number of pyridine rings is 2. The molecule has 7 rings (SSSR count). The zero-order chi connectivity index (χ0) is 29.5. The van der Waals surface area contributed by atoms with Crippen molar-refractivity contribution in [1.82, 2.24) is 24.4 Å². The van der Waals surface area contributed by atoms with Crippen LogP contribution in [0.2, 0.25) is 5.02 Å². The van der Waals surface area contributed by atoms with Crippen molar-refractivity contribution in [2.75, 3.05) is 37.7 Å². The van der Waals surface area contributed by atoms with Crippen molar-refractivity contribution in [2.45, 2.75) is 44.9 Å². The van der Waals surface area contributed by atoms with E-state index >= 15 is 0 Å². The number of carboxylic acids is 1. The van der Waals surface area contributed by atoms with Gasteiger partial charge in [0.05, 0.1) is 38.4 Å². The number of benzene rings is 1. The van der Waals surface area contributed by atoms with Crippen LogP contribution in [-0.4, -0.2) is 80.5 Å². The minimum absolute atomic E-state index is 0.00763. The fraction of sp³-hybridized carbons (Fsp3) is 0.400. The van der Waals surface area contributed by atoms with E-state index in [9.17, 15) is 14.3 Å². The first-order valence-corrected chi connectivity index (χ1v) is 14.6. The molecule has 4 aromatic rings. The van der Waals surface area contributed by atoms with Gasteiger partial charge in [-0.15, -0.1) is 0 Å². The third kappa shape index (κ3) is 5.75. The molecule has 0 radical (unpaired) electrons. The van der Waals surface area contributed by atoms with Crippen molar-refractivity contribution in [3.8, 4) is 5.88 Å². The largest absolute Gasteiger partial charge is 0.477 e. The van der Waals surface area contributed by atoms with Gasteiger partial charge in [0, 0.05) is 48.5 Å². The number of hydrogen-bond acceptors (Lipinski definition) is 9. The molecule has 0 spiro atoms. The Morgan fingerprint density at radius 1 is 1.14 bits per heavy atom. The molecule has 13 heteroatoms. The highest BCUT2D eigenvalue weighted by Crippen LogP contribution is 2.30. The molecule has 2 fully saturated rings. The number of aromatic carboxylic acids is 1. The number of rotatable bonds is 8. The van der Waals surface area contributed by atoms with Crippen molar-refractivity contribution in [3.63, 3.8) is 0 Å². The summed E-state index contributed by atoms with van der Waals surface area (Å²) in [4.78, 5) is 30.3. The number of imidazole rings is 1. The normalized spacial score (nSPS) is 20.3. The van der Waals surface area contributed by atoms with Crippen LogP contribution in [0, 0.1) is 5.82 Å². The highest BCUT2D eigenvalue weighted by molar-refractivity contribution is 6.30. The Hall–Kier alpha value is -3.84. The summed E-state index contributed by atoms with van der Waals surface area (Å²) in [5.74, 6) is 0.568. The second-order valence-electron chi connectivity index (χ2n) is 11.0. The molecule has 2 saturated heterocycles. The predicted molar refractivity (Wildman–Crippen MR) is 155 cm³/mol. The Bertz CT molecular complexity index is 1680. The highest BCUT2D eigenvalue weighted by Gasteiger charge is 2.33. The van der Waals surface area contributed by atoms with Gasteiger partial charge in [0.25, 0.3) is 0 Å². The second kappa shape index (κ2) is 11.7. The van der Waals surface area contributed by atoms with Gasteiger partial charge in [0.2, 0.25) is 5.88 Å². The molecule has 0 saturated carbocycles. The van der Waals surface area contributed by atoms with Crippen LogP contribution in [0.3, 0.4) is 0 Å². The molecule has 2 atom stereocenters. The van der Waals surface area contributed by atoms with Crippen molar-refractivity contribution >= 4 is 34.6 Å². The average Bonchev–Trinajstić information content (AvgIpc) is 3.19. The van der Waals surface area contributed by atoms with Crippen LogP contribution < -0.4 is 9.64 Å². The van der Waals surface area contributed by atoms with E-state index in [0.717, 1.165) is 49.9 Å². The molecule has 0 amide bonds. The van der Waals surface area contributed by atoms with Crippen LogP contribution in [0.5, 0.6) is 5.88 Å². The molecule has 11 nitrogen and oxygen atoms in total. The van der Waals surface area contributed by atoms with E-state index in [2.05, 4.69) is 14.8 Å². The molecule has 0 bridgehead atoms. The van der Waals surface area contributed by atoms with Crippen LogP contribution in [-0.2, 0) is 35.8 Å². The monoisotopic (exact) mass is 608 g/mol. The number of carboxylic acid groups (broad SMARTS) is 1. The van der Waals surface area contributed by atoms with Gasteiger partial charge in [0.1, 0.15) is 29.6 Å². The number of carbonyl (C=O) groups is 1. The third-order valence-electron chi connectivity index (χ3n) is 8.16. The van der Waals surface area contributed by atoms with E-state index in [1.165, 1.54) is 12.1 Å². The summed E-state index contributed by atoms with van der Waals surface area (Å²) in [5.41, 5.74) is 2.60. The van der Waals surface area contributed by atoms with Gasteiger partial charge in [-0.2, -0.15) is 4.98 Å². The minimum atomic E-state index is -1.07. The number of aromatic nitrogens is 4. The van der Waals surface area contributed by atoms with Gasteiger partial charge < -0.3 is 28.8 Å². The Labute approximate surface area is 251 Å². The van der Waals surface area contributed by atoms with Gasteiger partial charge in [-0.1, -0.05) is 17.7 Å². The number of fused-ring (bicyclic) bond motifs is 4. The van der Waals surface area contributed by atoms with Crippen LogP contribution in [0.1, 0.15) is 33.9 Å². The maximum atomic E-state index is 14.3. The summed E-state index contributed by atoms with van der Waals surface area (Å²) < 4.78 is 33.9. The lowest BCUT2D eigenvalue weighted by Crippen LogP contribution is -2.54. The van der Waals surface area contributed by atoms with Gasteiger partial charge in [-0.3, -0.25) is 4.90 Å². The van der Waals surface area contributed by atoms with Crippen LogP contribution >= 0.6 is 11.6 Å². The van der Waals surface area contributed by atoms with Crippen molar-refractivity contribution in [3.05, 3.63) is 75.9 Å². The Morgan fingerprint density at radius 2 is 2.02 bits per heavy atom. The molecular formula is C30H30ClFN6O5. The van der Waals surface area contributed by atoms with Crippen molar-refractivity contribution < 1.29 is 28.5 Å². The van der Waals surface area contributed by atoms with Gasteiger partial charge >= 0.3 is 5.97 Å². The number of piperazine rings is 1. The van der Waals surface area contributed by atoms with E-state index in [1.807, 2.05) is 10.6 Å². The van der Waals surface area contributed by atoms with Crippen molar-refractivity contribution in [2.24, 2.45) is 0 Å².